The van der Waals surface area contributed by atoms with Gasteiger partial charge in [-0.25, -0.2) is 0 Å². The van der Waals surface area contributed by atoms with Gasteiger partial charge in [-0.15, -0.1) is 0 Å². The molecule has 3 rings (SSSR count). The van der Waals surface area contributed by atoms with Gasteiger partial charge in [-0.05, 0) is 50.0 Å². The summed E-state index contributed by atoms with van der Waals surface area (Å²) in [6, 6.07) is 10.3. The fourth-order valence-corrected chi connectivity index (χ4v) is 4.03. The minimum Gasteiger partial charge on any atom is -0.344 e. The van der Waals surface area contributed by atoms with Crippen molar-refractivity contribution in [1.29, 1.82) is 0 Å². The topological polar surface area (TPSA) is 49.4 Å². The van der Waals surface area contributed by atoms with Gasteiger partial charge in [-0.2, -0.15) is 0 Å². The Hall–Kier alpha value is -1.84. The summed E-state index contributed by atoms with van der Waals surface area (Å²) in [4.78, 5) is 27.2. The minimum absolute atomic E-state index is 0.0852. The Morgan fingerprint density at radius 2 is 1.81 bits per heavy atom. The summed E-state index contributed by atoms with van der Waals surface area (Å²) >= 11 is 0. The number of benzene rings is 1. The molecule has 1 saturated heterocycles. The number of nitrogens with zero attached hydrogens (tertiary/aromatic N) is 1. The molecular weight excluding hydrogens is 324 g/mol. The summed E-state index contributed by atoms with van der Waals surface area (Å²) in [5, 5.41) is 3.04. The lowest BCUT2D eigenvalue weighted by atomic mass is 9.84. The van der Waals surface area contributed by atoms with Crippen LogP contribution in [0.1, 0.15) is 57.4 Å². The smallest absolute Gasteiger partial charge is 0.245 e. The molecule has 1 N–H and O–H groups in total. The Morgan fingerprint density at radius 1 is 1.12 bits per heavy atom. The van der Waals surface area contributed by atoms with Crippen molar-refractivity contribution in [2.75, 3.05) is 13.1 Å². The lowest BCUT2D eigenvalue weighted by Gasteiger charge is -2.35. The molecule has 1 aromatic carbocycles. The molecule has 2 amide bonds. The van der Waals surface area contributed by atoms with Crippen LogP contribution < -0.4 is 5.32 Å². The van der Waals surface area contributed by atoms with Gasteiger partial charge in [0.05, 0.1) is 0 Å². The molecule has 4 heteroatoms. The Labute approximate surface area is 157 Å². The van der Waals surface area contributed by atoms with Crippen molar-refractivity contribution in [2.24, 2.45) is 11.8 Å². The van der Waals surface area contributed by atoms with Crippen molar-refractivity contribution < 1.29 is 9.59 Å². The van der Waals surface area contributed by atoms with Crippen LogP contribution in [0.4, 0.5) is 0 Å². The molecule has 142 valence electrons. The molecule has 0 aromatic heterocycles. The summed E-state index contributed by atoms with van der Waals surface area (Å²) in [5.41, 5.74) is 1.38. The van der Waals surface area contributed by atoms with Gasteiger partial charge >= 0.3 is 0 Å². The van der Waals surface area contributed by atoms with Crippen LogP contribution in [0.5, 0.6) is 0 Å². The van der Waals surface area contributed by atoms with Gasteiger partial charge in [-0.1, -0.05) is 50.1 Å². The first-order chi connectivity index (χ1) is 12.7. The van der Waals surface area contributed by atoms with Gasteiger partial charge in [0.1, 0.15) is 6.04 Å². The molecule has 26 heavy (non-hydrogen) atoms. The molecule has 1 heterocycles. The fraction of sp³-hybridized carbons (Fsp3) is 0.636. The lowest BCUT2D eigenvalue weighted by Crippen LogP contribution is -2.52. The van der Waals surface area contributed by atoms with Crippen LogP contribution in [0.15, 0.2) is 30.3 Å². The number of piperidine rings is 1. The molecule has 4 nitrogen and oxygen atoms in total. The third kappa shape index (κ3) is 4.87. The summed E-state index contributed by atoms with van der Waals surface area (Å²) < 4.78 is 0. The van der Waals surface area contributed by atoms with Gasteiger partial charge in [0, 0.05) is 19.0 Å². The molecule has 1 aliphatic carbocycles. The highest BCUT2D eigenvalue weighted by atomic mass is 16.2. The fourth-order valence-electron chi connectivity index (χ4n) is 4.03. The first kappa shape index (κ1) is 18.9. The zero-order valence-electron chi connectivity index (χ0n) is 16.0. The lowest BCUT2D eigenvalue weighted by molar-refractivity contribution is -0.139. The van der Waals surface area contributed by atoms with Crippen LogP contribution in [0.25, 0.3) is 0 Å². The maximum absolute atomic E-state index is 12.9. The molecule has 0 spiro atoms. The second kappa shape index (κ2) is 9.20. The maximum Gasteiger partial charge on any atom is 0.245 e. The summed E-state index contributed by atoms with van der Waals surface area (Å²) in [6.07, 6.45) is 7.94. The number of hydrogen-bond donors (Lipinski definition) is 1. The largest absolute Gasteiger partial charge is 0.344 e. The Bertz CT molecular complexity index is 589. The standard InChI is InChI=1S/C22H32N2O2/c1-2-7-20(23-21(25)19-10-6-11-19)22(26)24-14-12-18(13-15-24)16-17-8-4-3-5-9-17/h3-5,8-9,18-20H,2,6-7,10-16H2,1H3,(H,23,25). The highest BCUT2D eigenvalue weighted by Gasteiger charge is 2.32. The number of nitrogens with one attached hydrogen (secondary N) is 1. The van der Waals surface area contributed by atoms with Gasteiger partial charge in [0.15, 0.2) is 0 Å². The molecule has 0 radical (unpaired) electrons. The van der Waals surface area contributed by atoms with E-state index in [4.69, 9.17) is 0 Å². The van der Waals surface area contributed by atoms with E-state index in [9.17, 15) is 9.59 Å². The van der Waals surface area contributed by atoms with Crippen LogP contribution in [0, 0.1) is 11.8 Å². The maximum atomic E-state index is 12.9. The van der Waals surface area contributed by atoms with Crippen LogP contribution in [-0.4, -0.2) is 35.8 Å². The molecule has 1 aliphatic heterocycles. The van der Waals surface area contributed by atoms with E-state index < -0.39 is 0 Å². The van der Waals surface area contributed by atoms with E-state index in [-0.39, 0.29) is 23.8 Å². The molecule has 1 aromatic rings. The number of hydrogen-bond acceptors (Lipinski definition) is 2. The highest BCUT2D eigenvalue weighted by molar-refractivity contribution is 5.88. The van der Waals surface area contributed by atoms with Crippen LogP contribution in [-0.2, 0) is 16.0 Å². The van der Waals surface area contributed by atoms with Gasteiger partial charge in [0.25, 0.3) is 0 Å². The normalized spacial score (nSPS) is 19.7. The zero-order chi connectivity index (χ0) is 18.4. The molecule has 2 aliphatic rings. The van der Waals surface area contributed by atoms with Crippen molar-refractivity contribution in [2.45, 2.75) is 64.3 Å². The van der Waals surface area contributed by atoms with Crippen molar-refractivity contribution in [3.8, 4) is 0 Å². The van der Waals surface area contributed by atoms with Crippen molar-refractivity contribution in [3.05, 3.63) is 35.9 Å². The minimum atomic E-state index is -0.334. The molecular formula is C22H32N2O2. The van der Waals surface area contributed by atoms with Crippen molar-refractivity contribution >= 4 is 11.8 Å². The van der Waals surface area contributed by atoms with Crippen LogP contribution in [0.3, 0.4) is 0 Å². The Morgan fingerprint density at radius 3 is 2.38 bits per heavy atom. The number of rotatable bonds is 7. The highest BCUT2D eigenvalue weighted by Crippen LogP contribution is 2.27. The quantitative estimate of drug-likeness (QED) is 0.812. The second-order valence-corrected chi connectivity index (χ2v) is 7.94. The first-order valence-electron chi connectivity index (χ1n) is 10.3. The first-order valence-corrected chi connectivity index (χ1v) is 10.3. The number of carbonyl (C=O) groups excluding carboxylic acids is 2. The Balaban J connectivity index is 1.49. The molecule has 1 saturated carbocycles. The summed E-state index contributed by atoms with van der Waals surface area (Å²) in [6.45, 7) is 3.70. The summed E-state index contributed by atoms with van der Waals surface area (Å²) in [5.74, 6) is 0.995. The number of carbonyl (C=O) groups is 2. The number of likely N-dealkylation sites (tertiary alicyclic amines) is 1. The predicted octanol–water partition coefficient (Wildman–Crippen LogP) is 3.55. The molecule has 1 atom stereocenters. The summed E-state index contributed by atoms with van der Waals surface area (Å²) in [7, 11) is 0. The third-order valence-electron chi connectivity index (χ3n) is 5.96. The van der Waals surface area contributed by atoms with E-state index in [1.807, 2.05) is 4.90 Å². The van der Waals surface area contributed by atoms with E-state index in [0.717, 1.165) is 64.5 Å². The van der Waals surface area contributed by atoms with Crippen LogP contribution >= 0.6 is 0 Å². The van der Waals surface area contributed by atoms with E-state index in [2.05, 4.69) is 42.6 Å². The van der Waals surface area contributed by atoms with Crippen LogP contribution in [0.2, 0.25) is 0 Å². The average molecular weight is 357 g/mol. The SMILES string of the molecule is CCCC(NC(=O)C1CCC1)C(=O)N1CCC(Cc2ccccc2)CC1. The molecule has 1 unspecified atom stereocenters. The molecule has 0 bridgehead atoms. The van der Waals surface area contributed by atoms with E-state index >= 15 is 0 Å². The monoisotopic (exact) mass is 356 g/mol. The molecule has 2 fully saturated rings. The van der Waals surface area contributed by atoms with Crippen molar-refractivity contribution in [1.82, 2.24) is 10.2 Å². The van der Waals surface area contributed by atoms with Gasteiger partial charge in [-0.3, -0.25) is 9.59 Å². The van der Waals surface area contributed by atoms with Gasteiger partial charge in [0.2, 0.25) is 11.8 Å². The van der Waals surface area contributed by atoms with E-state index in [1.165, 1.54) is 5.56 Å². The predicted molar refractivity (Wildman–Crippen MR) is 104 cm³/mol. The third-order valence-corrected chi connectivity index (χ3v) is 5.96. The van der Waals surface area contributed by atoms with E-state index in [1.54, 1.807) is 0 Å². The second-order valence-electron chi connectivity index (χ2n) is 7.94. The number of amides is 2. The zero-order valence-corrected chi connectivity index (χ0v) is 16.0. The van der Waals surface area contributed by atoms with Crippen molar-refractivity contribution in [3.63, 3.8) is 0 Å². The van der Waals surface area contributed by atoms with Gasteiger partial charge < -0.3 is 10.2 Å². The van der Waals surface area contributed by atoms with E-state index in [0.29, 0.717) is 5.92 Å². The average Bonchev–Trinajstić information content (AvgIpc) is 2.61. The Kier molecular flexibility index (Phi) is 6.70.